The second-order valence-electron chi connectivity index (χ2n) is 7.52. The summed E-state index contributed by atoms with van der Waals surface area (Å²) in [5.41, 5.74) is 6.60. The average Bonchev–Trinajstić information content (AvgIpc) is 3.45. The van der Waals surface area contributed by atoms with Gasteiger partial charge in [-0.25, -0.2) is 9.78 Å². The van der Waals surface area contributed by atoms with Crippen LogP contribution in [0.5, 0.6) is 0 Å². The number of carbonyl (C=O) groups excluding carboxylic acids is 1. The van der Waals surface area contributed by atoms with Gasteiger partial charge in [-0.3, -0.25) is 9.78 Å². The third-order valence-electron chi connectivity index (χ3n) is 5.49. The van der Waals surface area contributed by atoms with Crippen LogP contribution in [0.3, 0.4) is 0 Å². The number of thiazole rings is 1. The first kappa shape index (κ1) is 19.9. The maximum absolute atomic E-state index is 12.7. The molecule has 32 heavy (non-hydrogen) atoms. The molecule has 0 unspecified atom stereocenters. The highest BCUT2D eigenvalue weighted by atomic mass is 32.1. The molecule has 0 fully saturated rings. The monoisotopic (exact) mass is 442 g/mol. The lowest BCUT2D eigenvalue weighted by atomic mass is 10.0. The molecule has 3 N–H and O–H groups in total. The number of amides is 1. The number of aromatic amines is 1. The summed E-state index contributed by atoms with van der Waals surface area (Å²) in [6.45, 7) is 3.44. The number of anilines is 1. The van der Waals surface area contributed by atoms with Crippen LogP contribution in [-0.4, -0.2) is 31.9 Å². The van der Waals surface area contributed by atoms with Crippen molar-refractivity contribution in [2.24, 2.45) is 0 Å². The molecule has 0 radical (unpaired) electrons. The van der Waals surface area contributed by atoms with Gasteiger partial charge in [0.25, 0.3) is 5.91 Å². The minimum Gasteiger partial charge on any atom is -0.478 e. The molecule has 0 atom stereocenters. The molecular formula is C24H18N4O3S. The van der Waals surface area contributed by atoms with Crippen LogP contribution in [0.2, 0.25) is 0 Å². The fourth-order valence-corrected chi connectivity index (χ4v) is 4.72. The van der Waals surface area contributed by atoms with Gasteiger partial charge in [-0.15, -0.1) is 11.3 Å². The molecule has 0 aliphatic carbocycles. The summed E-state index contributed by atoms with van der Waals surface area (Å²) >= 11 is 1.53. The van der Waals surface area contributed by atoms with Crippen LogP contribution in [0, 0.1) is 13.8 Å². The Kier molecular flexibility index (Phi) is 4.71. The molecule has 1 aromatic carbocycles. The van der Waals surface area contributed by atoms with Crippen molar-refractivity contribution in [3.05, 3.63) is 76.2 Å². The largest absolute Gasteiger partial charge is 0.478 e. The van der Waals surface area contributed by atoms with E-state index in [0.717, 1.165) is 27.4 Å². The zero-order chi connectivity index (χ0) is 22.4. The number of H-pyrrole nitrogens is 1. The van der Waals surface area contributed by atoms with E-state index in [1.54, 1.807) is 32.3 Å². The first-order valence-corrected chi connectivity index (χ1v) is 10.8. The van der Waals surface area contributed by atoms with Gasteiger partial charge in [0.05, 0.1) is 16.8 Å². The Balaban J connectivity index is 1.55. The van der Waals surface area contributed by atoms with E-state index >= 15 is 0 Å². The van der Waals surface area contributed by atoms with Crippen molar-refractivity contribution in [2.75, 3.05) is 5.32 Å². The molecule has 1 aliphatic rings. The maximum atomic E-state index is 12.7. The molecule has 0 saturated carbocycles. The van der Waals surface area contributed by atoms with E-state index < -0.39 is 5.97 Å². The molecule has 1 amide bonds. The molecular weight excluding hydrogens is 424 g/mol. The van der Waals surface area contributed by atoms with Gasteiger partial charge in [-0.2, -0.15) is 0 Å². The molecule has 3 aromatic heterocycles. The second kappa shape index (κ2) is 7.58. The summed E-state index contributed by atoms with van der Waals surface area (Å²) in [7, 11) is 0. The molecule has 7 nitrogen and oxygen atoms in total. The van der Waals surface area contributed by atoms with Crippen LogP contribution in [0.25, 0.3) is 33.5 Å². The number of carbonyl (C=O) groups is 2. The Bertz CT molecular complexity index is 1420. The minimum atomic E-state index is -0.993. The van der Waals surface area contributed by atoms with E-state index in [2.05, 4.69) is 15.3 Å². The fraction of sp³-hybridized carbons (Fsp3) is 0.0833. The van der Waals surface area contributed by atoms with E-state index in [4.69, 9.17) is 4.98 Å². The lowest BCUT2D eigenvalue weighted by Gasteiger charge is -2.03. The smallest absolute Gasteiger partial charge is 0.337 e. The van der Waals surface area contributed by atoms with E-state index in [0.29, 0.717) is 28.2 Å². The van der Waals surface area contributed by atoms with Crippen LogP contribution in [-0.2, 0) is 4.79 Å². The number of hydrogen-bond donors (Lipinski definition) is 3. The number of rotatable bonds is 4. The number of benzene rings is 1. The minimum absolute atomic E-state index is 0.227. The van der Waals surface area contributed by atoms with Gasteiger partial charge >= 0.3 is 5.97 Å². The number of aromatic nitrogens is 3. The van der Waals surface area contributed by atoms with Crippen LogP contribution in [0.4, 0.5) is 5.69 Å². The number of pyridine rings is 1. The number of nitrogens with zero attached hydrogens (tertiary/aromatic N) is 2. The molecule has 1 aliphatic heterocycles. The van der Waals surface area contributed by atoms with Crippen LogP contribution >= 0.6 is 11.3 Å². The van der Waals surface area contributed by atoms with Crippen molar-refractivity contribution >= 4 is 40.5 Å². The number of fused-ring (bicyclic) bond motifs is 1. The summed E-state index contributed by atoms with van der Waals surface area (Å²) in [6, 6.07) is 9.57. The summed E-state index contributed by atoms with van der Waals surface area (Å²) in [6.07, 6.45) is 5.21. The fourth-order valence-electron chi connectivity index (χ4n) is 3.90. The molecule has 0 spiro atoms. The normalized spacial score (nSPS) is 13.9. The highest BCUT2D eigenvalue weighted by molar-refractivity contribution is 7.13. The molecule has 4 aromatic rings. The van der Waals surface area contributed by atoms with E-state index in [-0.39, 0.29) is 11.5 Å². The highest BCUT2D eigenvalue weighted by Gasteiger charge is 2.26. The third kappa shape index (κ3) is 3.30. The van der Waals surface area contributed by atoms with Crippen molar-refractivity contribution in [2.45, 2.75) is 13.8 Å². The Labute approximate surface area is 187 Å². The summed E-state index contributed by atoms with van der Waals surface area (Å²) in [4.78, 5) is 36.2. The summed E-state index contributed by atoms with van der Waals surface area (Å²) in [5.74, 6) is -1.22. The molecule has 0 saturated heterocycles. The van der Waals surface area contributed by atoms with E-state index in [1.807, 2.05) is 35.7 Å². The number of nitrogens with one attached hydrogen (secondary N) is 2. The predicted molar refractivity (Wildman–Crippen MR) is 125 cm³/mol. The molecule has 8 heteroatoms. The lowest BCUT2D eigenvalue weighted by molar-refractivity contribution is -0.110. The summed E-state index contributed by atoms with van der Waals surface area (Å²) < 4.78 is 0. The Hall–Kier alpha value is -4.04. The number of aryl methyl sites for hydroxylation is 1. The first-order valence-electron chi connectivity index (χ1n) is 9.88. The van der Waals surface area contributed by atoms with Crippen molar-refractivity contribution in [3.8, 4) is 21.8 Å². The molecule has 4 heterocycles. The number of carboxylic acids is 1. The highest BCUT2D eigenvalue weighted by Crippen LogP contribution is 2.37. The van der Waals surface area contributed by atoms with Crippen LogP contribution in [0.1, 0.15) is 32.9 Å². The van der Waals surface area contributed by atoms with Gasteiger partial charge in [0.1, 0.15) is 5.01 Å². The van der Waals surface area contributed by atoms with Gasteiger partial charge in [0.2, 0.25) is 0 Å². The van der Waals surface area contributed by atoms with Crippen molar-refractivity contribution in [1.29, 1.82) is 0 Å². The molecule has 158 valence electrons. The zero-order valence-electron chi connectivity index (χ0n) is 17.3. The van der Waals surface area contributed by atoms with Gasteiger partial charge in [0.15, 0.2) is 0 Å². The first-order chi connectivity index (χ1) is 15.4. The zero-order valence-corrected chi connectivity index (χ0v) is 18.1. The third-order valence-corrected chi connectivity index (χ3v) is 6.38. The Morgan fingerprint density at radius 2 is 2.03 bits per heavy atom. The second-order valence-corrected chi connectivity index (χ2v) is 8.38. The average molecular weight is 443 g/mol. The van der Waals surface area contributed by atoms with Gasteiger partial charge < -0.3 is 15.4 Å². The predicted octanol–water partition coefficient (Wildman–Crippen LogP) is 5.01. The number of aromatic carboxylic acids is 1. The van der Waals surface area contributed by atoms with Crippen LogP contribution in [0.15, 0.2) is 48.1 Å². The lowest BCUT2D eigenvalue weighted by Crippen LogP contribution is -2.03. The quantitative estimate of drug-likeness (QED) is 0.385. The van der Waals surface area contributed by atoms with Crippen molar-refractivity contribution in [1.82, 2.24) is 15.0 Å². The SMILES string of the molecule is Cc1[nH]c(C=C2C(=O)Nc3ccc(-c4csc(-c5cccnc5)n4)cc32)c(C)c1C(=O)O. The van der Waals surface area contributed by atoms with E-state index in [1.165, 1.54) is 11.3 Å². The standard InChI is InChI=1S/C24H18N4O3S/c1-12-19(26-13(2)21(12)24(30)31)9-17-16-8-14(5-6-18(16)27-22(17)29)20-11-32-23(28-20)15-4-3-7-25-10-15/h3-11,26H,1-2H3,(H,27,29)(H,30,31). The Morgan fingerprint density at radius 3 is 2.75 bits per heavy atom. The number of hydrogen-bond acceptors (Lipinski definition) is 5. The summed E-state index contributed by atoms with van der Waals surface area (Å²) in [5, 5.41) is 15.2. The topological polar surface area (TPSA) is 108 Å². The maximum Gasteiger partial charge on any atom is 0.337 e. The Morgan fingerprint density at radius 1 is 1.19 bits per heavy atom. The van der Waals surface area contributed by atoms with Gasteiger partial charge in [-0.05, 0) is 49.8 Å². The van der Waals surface area contributed by atoms with Crippen molar-refractivity contribution in [3.63, 3.8) is 0 Å². The van der Waals surface area contributed by atoms with Gasteiger partial charge in [0, 0.05) is 51.5 Å². The van der Waals surface area contributed by atoms with Crippen LogP contribution < -0.4 is 5.32 Å². The van der Waals surface area contributed by atoms with Gasteiger partial charge in [-0.1, -0.05) is 6.07 Å². The number of carboxylic acid groups (broad SMARTS) is 1. The molecule has 5 rings (SSSR count). The van der Waals surface area contributed by atoms with Crippen molar-refractivity contribution < 1.29 is 14.7 Å². The van der Waals surface area contributed by atoms with E-state index in [9.17, 15) is 14.7 Å². The molecule has 0 bridgehead atoms.